The quantitative estimate of drug-likeness (QED) is 0.663. The number of phenols is 1. The van der Waals surface area contributed by atoms with Gasteiger partial charge in [0.05, 0.1) is 0 Å². The van der Waals surface area contributed by atoms with E-state index < -0.39 is 0 Å². The second kappa shape index (κ2) is 6.01. The van der Waals surface area contributed by atoms with Crippen LogP contribution in [0.2, 0.25) is 0 Å². The summed E-state index contributed by atoms with van der Waals surface area (Å²) in [5.74, 6) is 0.0928. The molecule has 2 aromatic rings. The van der Waals surface area contributed by atoms with Crippen molar-refractivity contribution in [1.29, 1.82) is 0 Å². The summed E-state index contributed by atoms with van der Waals surface area (Å²) < 4.78 is 0. The fourth-order valence-corrected chi connectivity index (χ4v) is 1.76. The molecule has 2 nitrogen and oxygen atoms in total. The smallest absolute Gasteiger partial charge is 0.185 e. The summed E-state index contributed by atoms with van der Waals surface area (Å²) in [6, 6.07) is 14.4. The first-order chi connectivity index (χ1) is 9.19. The van der Waals surface area contributed by atoms with Crippen LogP contribution >= 0.6 is 0 Å². The Morgan fingerprint density at radius 2 is 1.68 bits per heavy atom. The third kappa shape index (κ3) is 3.55. The van der Waals surface area contributed by atoms with Crippen molar-refractivity contribution in [3.63, 3.8) is 0 Å². The van der Waals surface area contributed by atoms with E-state index in [-0.39, 0.29) is 11.5 Å². The lowest BCUT2D eigenvalue weighted by Crippen LogP contribution is -1.92. The van der Waals surface area contributed by atoms with Crippen LogP contribution in [0.5, 0.6) is 5.75 Å². The lowest BCUT2D eigenvalue weighted by Gasteiger charge is -1.98. The van der Waals surface area contributed by atoms with Crippen molar-refractivity contribution >= 4 is 11.9 Å². The van der Waals surface area contributed by atoms with Gasteiger partial charge in [-0.25, -0.2) is 0 Å². The van der Waals surface area contributed by atoms with E-state index in [0.29, 0.717) is 5.56 Å². The number of hydrogen-bond donors (Lipinski definition) is 1. The van der Waals surface area contributed by atoms with Gasteiger partial charge in [-0.2, -0.15) is 0 Å². The summed E-state index contributed by atoms with van der Waals surface area (Å²) in [7, 11) is 0. The Bertz CT molecular complexity index is 578. The van der Waals surface area contributed by atoms with Crippen LogP contribution in [0.15, 0.2) is 54.6 Å². The fourth-order valence-electron chi connectivity index (χ4n) is 1.76. The van der Waals surface area contributed by atoms with Gasteiger partial charge in [0, 0.05) is 5.56 Å². The predicted molar refractivity (Wildman–Crippen MR) is 77.3 cm³/mol. The van der Waals surface area contributed by atoms with E-state index in [4.69, 9.17) is 5.11 Å². The zero-order valence-electron chi connectivity index (χ0n) is 10.8. The van der Waals surface area contributed by atoms with Crippen LogP contribution in [-0.2, 0) is 6.42 Å². The molecule has 2 heteroatoms. The van der Waals surface area contributed by atoms with Crippen LogP contribution < -0.4 is 0 Å². The molecule has 0 aliphatic heterocycles. The van der Waals surface area contributed by atoms with Gasteiger partial charge in [-0.3, -0.25) is 4.79 Å². The number of carbonyl (C=O) groups is 1. The second-order valence-corrected chi connectivity index (χ2v) is 4.34. The number of hydrogen-bond acceptors (Lipinski definition) is 2. The van der Waals surface area contributed by atoms with Crippen LogP contribution in [-0.4, -0.2) is 10.9 Å². The molecule has 0 atom stereocenters. The molecule has 2 rings (SSSR count). The van der Waals surface area contributed by atoms with E-state index in [1.54, 1.807) is 24.3 Å². The highest BCUT2D eigenvalue weighted by molar-refractivity contribution is 6.06. The van der Waals surface area contributed by atoms with E-state index >= 15 is 0 Å². The Labute approximate surface area is 113 Å². The maximum Gasteiger partial charge on any atom is 0.185 e. The molecular weight excluding hydrogens is 236 g/mol. The summed E-state index contributed by atoms with van der Waals surface area (Å²) in [5, 5.41) is 9.17. The third-order valence-electron chi connectivity index (χ3n) is 2.97. The first-order valence-corrected chi connectivity index (χ1v) is 6.29. The zero-order chi connectivity index (χ0) is 13.7. The normalized spacial score (nSPS) is 10.8. The minimum atomic E-state index is -0.0698. The highest BCUT2D eigenvalue weighted by Gasteiger charge is 2.01. The molecule has 0 unspecified atom stereocenters. The van der Waals surface area contributed by atoms with Gasteiger partial charge in [-0.1, -0.05) is 37.3 Å². The van der Waals surface area contributed by atoms with Crippen molar-refractivity contribution < 1.29 is 9.90 Å². The molecule has 0 amide bonds. The van der Waals surface area contributed by atoms with Gasteiger partial charge in [0.2, 0.25) is 0 Å². The SMILES string of the molecule is CCc1ccc(C=CC(=O)c2ccc(O)cc2)cc1. The molecule has 0 spiro atoms. The molecule has 0 aliphatic carbocycles. The van der Waals surface area contributed by atoms with E-state index in [0.717, 1.165) is 12.0 Å². The highest BCUT2D eigenvalue weighted by Crippen LogP contribution is 2.12. The molecule has 96 valence electrons. The monoisotopic (exact) mass is 252 g/mol. The first kappa shape index (κ1) is 13.1. The van der Waals surface area contributed by atoms with E-state index in [1.807, 2.05) is 12.1 Å². The average molecular weight is 252 g/mol. The summed E-state index contributed by atoms with van der Waals surface area (Å²) in [5.41, 5.74) is 2.85. The summed E-state index contributed by atoms with van der Waals surface area (Å²) in [4.78, 5) is 11.9. The third-order valence-corrected chi connectivity index (χ3v) is 2.97. The Kier molecular flexibility index (Phi) is 4.14. The summed E-state index contributed by atoms with van der Waals surface area (Å²) in [6.45, 7) is 2.11. The number of carbonyl (C=O) groups excluding carboxylic acids is 1. The zero-order valence-corrected chi connectivity index (χ0v) is 10.8. The van der Waals surface area contributed by atoms with Crippen LogP contribution in [0.1, 0.15) is 28.4 Å². The van der Waals surface area contributed by atoms with Crippen molar-refractivity contribution in [3.05, 3.63) is 71.3 Å². The molecule has 0 saturated heterocycles. The molecular formula is C17H16O2. The molecule has 0 saturated carbocycles. The van der Waals surface area contributed by atoms with E-state index in [1.165, 1.54) is 17.7 Å². The minimum Gasteiger partial charge on any atom is -0.508 e. The van der Waals surface area contributed by atoms with Gasteiger partial charge in [0.1, 0.15) is 5.75 Å². The van der Waals surface area contributed by atoms with Gasteiger partial charge in [-0.15, -0.1) is 0 Å². The van der Waals surface area contributed by atoms with Crippen molar-refractivity contribution in [2.24, 2.45) is 0 Å². The van der Waals surface area contributed by atoms with Crippen LogP contribution in [0, 0.1) is 0 Å². The average Bonchev–Trinajstić information content (AvgIpc) is 2.46. The molecule has 0 bridgehead atoms. The molecule has 0 aliphatic rings. The number of benzene rings is 2. The summed E-state index contributed by atoms with van der Waals surface area (Å²) in [6.07, 6.45) is 4.36. The topological polar surface area (TPSA) is 37.3 Å². The predicted octanol–water partition coefficient (Wildman–Crippen LogP) is 3.85. The Morgan fingerprint density at radius 1 is 1.05 bits per heavy atom. The number of phenolic OH excluding ortho intramolecular Hbond substituents is 1. The number of rotatable bonds is 4. The van der Waals surface area contributed by atoms with Gasteiger partial charge in [0.25, 0.3) is 0 Å². The van der Waals surface area contributed by atoms with Gasteiger partial charge in [0.15, 0.2) is 5.78 Å². The largest absolute Gasteiger partial charge is 0.508 e. The van der Waals surface area contributed by atoms with Crippen molar-refractivity contribution in [2.75, 3.05) is 0 Å². The van der Waals surface area contributed by atoms with Crippen molar-refractivity contribution in [3.8, 4) is 5.75 Å². The Morgan fingerprint density at radius 3 is 2.26 bits per heavy atom. The van der Waals surface area contributed by atoms with E-state index in [2.05, 4.69) is 19.1 Å². The molecule has 1 N–H and O–H groups in total. The first-order valence-electron chi connectivity index (χ1n) is 6.29. The number of aromatic hydroxyl groups is 1. The standard InChI is InChI=1S/C17H16O2/c1-2-13-3-5-14(6-4-13)7-12-17(19)15-8-10-16(18)11-9-15/h3-12,18H,2H2,1H3. The van der Waals surface area contributed by atoms with Crippen LogP contribution in [0.25, 0.3) is 6.08 Å². The second-order valence-electron chi connectivity index (χ2n) is 4.34. The number of ketones is 1. The molecule has 0 radical (unpaired) electrons. The van der Waals surface area contributed by atoms with E-state index in [9.17, 15) is 4.79 Å². The Balaban J connectivity index is 2.08. The Hall–Kier alpha value is -2.35. The molecule has 0 heterocycles. The van der Waals surface area contributed by atoms with Gasteiger partial charge in [-0.05, 0) is 47.9 Å². The maximum atomic E-state index is 11.9. The highest BCUT2D eigenvalue weighted by atomic mass is 16.3. The van der Waals surface area contributed by atoms with Crippen LogP contribution in [0.3, 0.4) is 0 Å². The summed E-state index contributed by atoms with van der Waals surface area (Å²) >= 11 is 0. The minimum absolute atomic E-state index is 0.0698. The lowest BCUT2D eigenvalue weighted by atomic mass is 10.1. The molecule has 19 heavy (non-hydrogen) atoms. The number of allylic oxidation sites excluding steroid dienone is 1. The van der Waals surface area contributed by atoms with Gasteiger partial charge < -0.3 is 5.11 Å². The van der Waals surface area contributed by atoms with Crippen molar-refractivity contribution in [2.45, 2.75) is 13.3 Å². The molecule has 0 fully saturated rings. The molecule has 0 aromatic heterocycles. The van der Waals surface area contributed by atoms with Gasteiger partial charge >= 0.3 is 0 Å². The molecule has 2 aromatic carbocycles. The number of aryl methyl sites for hydroxylation is 1. The lowest BCUT2D eigenvalue weighted by molar-refractivity contribution is 0.104. The fraction of sp³-hybridized carbons (Fsp3) is 0.118. The van der Waals surface area contributed by atoms with Crippen LogP contribution in [0.4, 0.5) is 0 Å². The van der Waals surface area contributed by atoms with Crippen molar-refractivity contribution in [1.82, 2.24) is 0 Å². The maximum absolute atomic E-state index is 11.9.